The van der Waals surface area contributed by atoms with E-state index in [1.165, 1.54) is 19.5 Å². The summed E-state index contributed by atoms with van der Waals surface area (Å²) in [6, 6.07) is 1.91. The minimum Gasteiger partial charge on any atom is -0.369 e. The number of hydrogen-bond donors (Lipinski definition) is 1. The van der Waals surface area contributed by atoms with E-state index in [0.717, 1.165) is 24.7 Å². The van der Waals surface area contributed by atoms with Gasteiger partial charge in [-0.1, -0.05) is 0 Å². The highest BCUT2D eigenvalue weighted by Gasteiger charge is 2.11. The smallest absolute Gasteiger partial charge is 0.129 e. The van der Waals surface area contributed by atoms with Crippen LogP contribution in [0.5, 0.6) is 0 Å². The molecule has 0 unspecified atom stereocenters. The third kappa shape index (κ3) is 2.42. The van der Waals surface area contributed by atoms with Crippen molar-refractivity contribution in [3.05, 3.63) is 18.1 Å². The SMILES string of the molecule is Cc1nccc(NCCN2CCC2)n1. The Hall–Kier alpha value is -1.16. The van der Waals surface area contributed by atoms with Crippen molar-refractivity contribution in [2.45, 2.75) is 13.3 Å². The van der Waals surface area contributed by atoms with Gasteiger partial charge in [0.25, 0.3) is 0 Å². The minimum absolute atomic E-state index is 0.818. The molecule has 0 atom stereocenters. The molecule has 76 valence electrons. The monoisotopic (exact) mass is 192 g/mol. The summed E-state index contributed by atoms with van der Waals surface area (Å²) in [6.45, 7) is 6.50. The molecule has 1 fully saturated rings. The average molecular weight is 192 g/mol. The van der Waals surface area contributed by atoms with Gasteiger partial charge in [0.05, 0.1) is 0 Å². The molecule has 14 heavy (non-hydrogen) atoms. The molecule has 4 heteroatoms. The number of rotatable bonds is 4. The highest BCUT2D eigenvalue weighted by molar-refractivity contribution is 5.32. The number of nitrogens with zero attached hydrogens (tertiary/aromatic N) is 3. The maximum absolute atomic E-state index is 4.27. The molecule has 0 aliphatic carbocycles. The molecule has 2 heterocycles. The quantitative estimate of drug-likeness (QED) is 0.769. The number of hydrogen-bond acceptors (Lipinski definition) is 4. The zero-order chi connectivity index (χ0) is 9.80. The lowest BCUT2D eigenvalue weighted by Crippen LogP contribution is -2.40. The predicted molar refractivity (Wildman–Crippen MR) is 56.3 cm³/mol. The Morgan fingerprint density at radius 1 is 1.50 bits per heavy atom. The van der Waals surface area contributed by atoms with Crippen LogP contribution >= 0.6 is 0 Å². The largest absolute Gasteiger partial charge is 0.369 e. The van der Waals surface area contributed by atoms with Crippen LogP contribution in [-0.4, -0.2) is 41.0 Å². The highest BCUT2D eigenvalue weighted by Crippen LogP contribution is 2.05. The fraction of sp³-hybridized carbons (Fsp3) is 0.600. The fourth-order valence-electron chi connectivity index (χ4n) is 1.50. The Bertz CT molecular complexity index is 296. The van der Waals surface area contributed by atoms with Gasteiger partial charge in [-0.05, 0) is 32.5 Å². The molecule has 1 saturated heterocycles. The zero-order valence-electron chi connectivity index (χ0n) is 8.53. The van der Waals surface area contributed by atoms with Gasteiger partial charge in [-0.15, -0.1) is 0 Å². The summed E-state index contributed by atoms with van der Waals surface area (Å²) in [6.07, 6.45) is 3.14. The van der Waals surface area contributed by atoms with E-state index in [1.54, 1.807) is 6.20 Å². The Labute approximate surface area is 84.4 Å². The van der Waals surface area contributed by atoms with E-state index in [1.807, 2.05) is 13.0 Å². The lowest BCUT2D eigenvalue weighted by atomic mass is 10.2. The second-order valence-electron chi connectivity index (χ2n) is 3.61. The lowest BCUT2D eigenvalue weighted by molar-refractivity contribution is 0.189. The van der Waals surface area contributed by atoms with E-state index >= 15 is 0 Å². The molecule has 1 aromatic heterocycles. The molecule has 0 aromatic carbocycles. The minimum atomic E-state index is 0.818. The summed E-state index contributed by atoms with van der Waals surface area (Å²) in [5, 5.41) is 3.29. The lowest BCUT2D eigenvalue weighted by Gasteiger charge is -2.30. The summed E-state index contributed by atoms with van der Waals surface area (Å²) >= 11 is 0. The van der Waals surface area contributed by atoms with Crippen LogP contribution in [0.15, 0.2) is 12.3 Å². The van der Waals surface area contributed by atoms with E-state index < -0.39 is 0 Å². The maximum atomic E-state index is 4.27. The Balaban J connectivity index is 1.74. The molecule has 0 spiro atoms. The van der Waals surface area contributed by atoms with Gasteiger partial charge in [0.1, 0.15) is 11.6 Å². The summed E-state index contributed by atoms with van der Waals surface area (Å²) in [4.78, 5) is 10.8. The molecule has 1 N–H and O–H groups in total. The van der Waals surface area contributed by atoms with E-state index in [-0.39, 0.29) is 0 Å². The Kier molecular flexibility index (Phi) is 2.93. The van der Waals surface area contributed by atoms with Crippen LogP contribution in [0.3, 0.4) is 0 Å². The molecule has 2 rings (SSSR count). The number of likely N-dealkylation sites (tertiary alicyclic amines) is 1. The molecule has 1 aliphatic heterocycles. The fourth-order valence-corrected chi connectivity index (χ4v) is 1.50. The number of anilines is 1. The first-order valence-electron chi connectivity index (χ1n) is 5.10. The van der Waals surface area contributed by atoms with Crippen LogP contribution in [0.25, 0.3) is 0 Å². The summed E-state index contributed by atoms with van der Waals surface area (Å²) in [5.74, 6) is 1.75. The van der Waals surface area contributed by atoms with Crippen molar-refractivity contribution in [2.75, 3.05) is 31.5 Å². The second kappa shape index (κ2) is 4.37. The van der Waals surface area contributed by atoms with Crippen LogP contribution in [0.1, 0.15) is 12.2 Å². The Morgan fingerprint density at radius 3 is 3.00 bits per heavy atom. The van der Waals surface area contributed by atoms with Gasteiger partial charge in [0, 0.05) is 19.3 Å². The zero-order valence-corrected chi connectivity index (χ0v) is 8.53. The standard InChI is InChI=1S/C10H16N4/c1-9-11-4-3-10(13-9)12-5-8-14-6-2-7-14/h3-4H,2,5-8H2,1H3,(H,11,12,13). The van der Waals surface area contributed by atoms with E-state index in [2.05, 4.69) is 20.2 Å². The van der Waals surface area contributed by atoms with Gasteiger partial charge in [-0.25, -0.2) is 9.97 Å². The topological polar surface area (TPSA) is 41.1 Å². The van der Waals surface area contributed by atoms with Gasteiger partial charge < -0.3 is 10.2 Å². The van der Waals surface area contributed by atoms with Crippen LogP contribution in [0.4, 0.5) is 5.82 Å². The summed E-state index contributed by atoms with van der Waals surface area (Å²) in [7, 11) is 0. The molecular weight excluding hydrogens is 176 g/mol. The predicted octanol–water partition coefficient (Wildman–Crippen LogP) is 0.903. The van der Waals surface area contributed by atoms with Crippen LogP contribution < -0.4 is 5.32 Å². The second-order valence-corrected chi connectivity index (χ2v) is 3.61. The van der Waals surface area contributed by atoms with Crippen molar-refractivity contribution < 1.29 is 0 Å². The van der Waals surface area contributed by atoms with Crippen molar-refractivity contribution >= 4 is 5.82 Å². The van der Waals surface area contributed by atoms with Gasteiger partial charge in [0.2, 0.25) is 0 Å². The summed E-state index contributed by atoms with van der Waals surface area (Å²) in [5.41, 5.74) is 0. The third-order valence-corrected chi connectivity index (χ3v) is 2.46. The first-order chi connectivity index (χ1) is 6.84. The van der Waals surface area contributed by atoms with Crippen LogP contribution in [0, 0.1) is 6.92 Å². The summed E-state index contributed by atoms with van der Waals surface area (Å²) < 4.78 is 0. The highest BCUT2D eigenvalue weighted by atomic mass is 15.2. The van der Waals surface area contributed by atoms with E-state index in [9.17, 15) is 0 Å². The van der Waals surface area contributed by atoms with Gasteiger partial charge in [0.15, 0.2) is 0 Å². The van der Waals surface area contributed by atoms with Crippen LogP contribution in [0.2, 0.25) is 0 Å². The first-order valence-corrected chi connectivity index (χ1v) is 5.10. The molecule has 0 radical (unpaired) electrons. The van der Waals surface area contributed by atoms with Crippen LogP contribution in [-0.2, 0) is 0 Å². The van der Waals surface area contributed by atoms with Gasteiger partial charge >= 0.3 is 0 Å². The number of aromatic nitrogens is 2. The van der Waals surface area contributed by atoms with Gasteiger partial charge in [-0.3, -0.25) is 0 Å². The molecule has 0 amide bonds. The molecule has 1 aliphatic rings. The van der Waals surface area contributed by atoms with E-state index in [4.69, 9.17) is 0 Å². The molecule has 0 bridgehead atoms. The Morgan fingerprint density at radius 2 is 2.36 bits per heavy atom. The van der Waals surface area contributed by atoms with E-state index in [0.29, 0.717) is 0 Å². The number of nitrogens with one attached hydrogen (secondary N) is 1. The first kappa shape index (κ1) is 9.40. The number of aryl methyl sites for hydroxylation is 1. The molecule has 1 aromatic rings. The van der Waals surface area contributed by atoms with Crippen molar-refractivity contribution in [1.82, 2.24) is 14.9 Å². The van der Waals surface area contributed by atoms with Crippen molar-refractivity contribution in [1.29, 1.82) is 0 Å². The van der Waals surface area contributed by atoms with Crippen molar-refractivity contribution in [3.63, 3.8) is 0 Å². The van der Waals surface area contributed by atoms with Crippen molar-refractivity contribution in [2.24, 2.45) is 0 Å². The average Bonchev–Trinajstić information content (AvgIpc) is 2.09. The third-order valence-electron chi connectivity index (χ3n) is 2.46. The molecular formula is C10H16N4. The maximum Gasteiger partial charge on any atom is 0.129 e. The van der Waals surface area contributed by atoms with Crippen molar-refractivity contribution in [3.8, 4) is 0 Å². The van der Waals surface area contributed by atoms with Gasteiger partial charge in [-0.2, -0.15) is 0 Å². The molecule has 0 saturated carbocycles. The normalized spacial score (nSPS) is 16.4. The molecule has 4 nitrogen and oxygen atoms in total.